The fourth-order valence-corrected chi connectivity index (χ4v) is 4.77. The number of hydrogen-bond acceptors (Lipinski definition) is 4. The van der Waals surface area contributed by atoms with Gasteiger partial charge in [-0.3, -0.25) is 4.57 Å². The molecule has 0 saturated heterocycles. The number of nitrogens with one attached hydrogen (secondary N) is 2. The van der Waals surface area contributed by atoms with Crippen LogP contribution in [0.25, 0.3) is 5.69 Å². The van der Waals surface area contributed by atoms with Gasteiger partial charge in [-0.05, 0) is 63.1 Å². The van der Waals surface area contributed by atoms with Crippen LogP contribution < -0.4 is 10.6 Å². The number of aromatic nitrogens is 3. The molecule has 0 aliphatic heterocycles. The Kier molecular flexibility index (Phi) is 8.28. The molecule has 3 aromatic carbocycles. The van der Waals surface area contributed by atoms with Gasteiger partial charge in [-0.25, -0.2) is 9.18 Å². The number of halogens is 1. The molecule has 0 fully saturated rings. The van der Waals surface area contributed by atoms with Gasteiger partial charge in [-0.1, -0.05) is 71.9 Å². The standard InChI is InChI=1S/C29H32FN5OS/c1-20-10-16-24(17-11-20)35-26(33-34-28(35)37-19-22-12-14-23(30)15-13-22)25(18-21-8-6-5-7-9-21)31-27(36)32-29(2,3)4/h5-17,25H,18-19H2,1-4H3,(H2,31,32,36). The third kappa shape index (κ3) is 7.43. The van der Waals surface area contributed by atoms with Crippen molar-refractivity contribution in [2.75, 3.05) is 0 Å². The van der Waals surface area contributed by atoms with Crippen LogP contribution in [0.2, 0.25) is 0 Å². The van der Waals surface area contributed by atoms with Gasteiger partial charge < -0.3 is 10.6 Å². The molecule has 6 nitrogen and oxygen atoms in total. The van der Waals surface area contributed by atoms with Crippen LogP contribution in [-0.2, 0) is 12.2 Å². The molecular formula is C29H32FN5OS. The zero-order valence-corrected chi connectivity index (χ0v) is 22.3. The minimum absolute atomic E-state index is 0.262. The monoisotopic (exact) mass is 517 g/mol. The van der Waals surface area contributed by atoms with Crippen molar-refractivity contribution >= 4 is 17.8 Å². The largest absolute Gasteiger partial charge is 0.334 e. The Balaban J connectivity index is 1.71. The van der Waals surface area contributed by atoms with Gasteiger partial charge in [-0.15, -0.1) is 10.2 Å². The Morgan fingerprint density at radius 2 is 1.62 bits per heavy atom. The molecule has 0 bridgehead atoms. The van der Waals surface area contributed by atoms with Crippen molar-refractivity contribution in [3.63, 3.8) is 0 Å². The Morgan fingerprint density at radius 3 is 2.27 bits per heavy atom. The van der Waals surface area contributed by atoms with Crippen LogP contribution in [0.4, 0.5) is 9.18 Å². The van der Waals surface area contributed by atoms with E-state index in [0.29, 0.717) is 23.2 Å². The first kappa shape index (κ1) is 26.4. The third-order valence-corrected chi connectivity index (χ3v) is 6.62. The van der Waals surface area contributed by atoms with Gasteiger partial charge in [0.2, 0.25) is 0 Å². The summed E-state index contributed by atoms with van der Waals surface area (Å²) in [6.45, 7) is 7.87. The number of nitrogens with zero attached hydrogens (tertiary/aromatic N) is 3. The van der Waals surface area contributed by atoms with E-state index < -0.39 is 6.04 Å². The molecule has 192 valence electrons. The zero-order valence-electron chi connectivity index (χ0n) is 21.5. The molecule has 0 aliphatic rings. The highest BCUT2D eigenvalue weighted by molar-refractivity contribution is 7.98. The van der Waals surface area contributed by atoms with Crippen LogP contribution >= 0.6 is 11.8 Å². The minimum atomic E-state index is -0.432. The van der Waals surface area contributed by atoms with E-state index in [0.717, 1.165) is 22.4 Å². The summed E-state index contributed by atoms with van der Waals surface area (Å²) in [6.07, 6.45) is 0.547. The normalized spacial score (nSPS) is 12.2. The lowest BCUT2D eigenvalue weighted by Gasteiger charge is -2.25. The van der Waals surface area contributed by atoms with Gasteiger partial charge in [0, 0.05) is 23.4 Å². The molecular weight excluding hydrogens is 485 g/mol. The lowest BCUT2D eigenvalue weighted by molar-refractivity contribution is 0.227. The lowest BCUT2D eigenvalue weighted by Crippen LogP contribution is -2.48. The summed E-state index contributed by atoms with van der Waals surface area (Å²) < 4.78 is 15.4. The van der Waals surface area contributed by atoms with Crippen molar-refractivity contribution in [1.82, 2.24) is 25.4 Å². The van der Waals surface area contributed by atoms with E-state index in [9.17, 15) is 9.18 Å². The smallest absolute Gasteiger partial charge is 0.315 e. The van der Waals surface area contributed by atoms with Crippen LogP contribution in [0.15, 0.2) is 84.0 Å². The molecule has 1 atom stereocenters. The van der Waals surface area contributed by atoms with Gasteiger partial charge in [0.05, 0.1) is 6.04 Å². The summed E-state index contributed by atoms with van der Waals surface area (Å²) in [4.78, 5) is 13.0. The number of hydrogen-bond donors (Lipinski definition) is 2. The Hall–Kier alpha value is -3.65. The molecule has 0 spiro atoms. The van der Waals surface area contributed by atoms with Crippen molar-refractivity contribution < 1.29 is 9.18 Å². The molecule has 37 heavy (non-hydrogen) atoms. The number of rotatable bonds is 8. The molecule has 2 N–H and O–H groups in total. The van der Waals surface area contributed by atoms with Gasteiger partial charge in [0.1, 0.15) is 5.82 Å². The maximum absolute atomic E-state index is 13.4. The van der Waals surface area contributed by atoms with Crippen molar-refractivity contribution in [3.05, 3.63) is 107 Å². The third-order valence-electron chi connectivity index (χ3n) is 5.62. The number of amides is 2. The summed E-state index contributed by atoms with van der Waals surface area (Å²) in [5.74, 6) is 0.978. The Morgan fingerprint density at radius 1 is 0.946 bits per heavy atom. The number of thioether (sulfide) groups is 1. The average molecular weight is 518 g/mol. The fraction of sp³-hybridized carbons (Fsp3) is 0.276. The van der Waals surface area contributed by atoms with Crippen LogP contribution in [0.3, 0.4) is 0 Å². The number of benzene rings is 3. The van der Waals surface area contributed by atoms with Crippen molar-refractivity contribution in [2.24, 2.45) is 0 Å². The van der Waals surface area contributed by atoms with Gasteiger partial charge >= 0.3 is 6.03 Å². The van der Waals surface area contributed by atoms with Crippen LogP contribution in [-0.4, -0.2) is 26.3 Å². The van der Waals surface area contributed by atoms with E-state index in [-0.39, 0.29) is 17.4 Å². The molecule has 0 radical (unpaired) electrons. The Labute approximate surface area is 221 Å². The first-order chi connectivity index (χ1) is 17.7. The number of carbonyl (C=O) groups excluding carboxylic acids is 1. The van der Waals surface area contributed by atoms with Crippen molar-refractivity contribution in [2.45, 2.75) is 56.6 Å². The minimum Gasteiger partial charge on any atom is -0.334 e. The highest BCUT2D eigenvalue weighted by Crippen LogP contribution is 2.29. The van der Waals surface area contributed by atoms with E-state index >= 15 is 0 Å². The van der Waals surface area contributed by atoms with Crippen LogP contribution in [0.5, 0.6) is 0 Å². The van der Waals surface area contributed by atoms with E-state index in [4.69, 9.17) is 0 Å². The quantitative estimate of drug-likeness (QED) is 0.266. The summed E-state index contributed by atoms with van der Waals surface area (Å²) in [6, 6.07) is 23.9. The summed E-state index contributed by atoms with van der Waals surface area (Å²) in [7, 11) is 0. The maximum atomic E-state index is 13.4. The maximum Gasteiger partial charge on any atom is 0.315 e. The summed E-state index contributed by atoms with van der Waals surface area (Å²) >= 11 is 1.52. The topological polar surface area (TPSA) is 71.8 Å². The second-order valence-corrected chi connectivity index (χ2v) is 11.0. The van der Waals surface area contributed by atoms with Gasteiger partial charge in [-0.2, -0.15) is 0 Å². The van der Waals surface area contributed by atoms with Gasteiger partial charge in [0.25, 0.3) is 0 Å². The number of carbonyl (C=O) groups is 1. The Bertz CT molecular complexity index is 1320. The highest BCUT2D eigenvalue weighted by atomic mass is 32.2. The van der Waals surface area contributed by atoms with Crippen molar-refractivity contribution in [1.29, 1.82) is 0 Å². The average Bonchev–Trinajstić information content (AvgIpc) is 3.27. The molecule has 1 heterocycles. The lowest BCUT2D eigenvalue weighted by atomic mass is 10.0. The molecule has 8 heteroatoms. The molecule has 1 unspecified atom stereocenters. The van der Waals surface area contributed by atoms with E-state index in [1.54, 1.807) is 12.1 Å². The van der Waals surface area contributed by atoms with Gasteiger partial charge in [0.15, 0.2) is 11.0 Å². The molecule has 4 aromatic rings. The zero-order chi connectivity index (χ0) is 26.4. The van der Waals surface area contributed by atoms with E-state index in [2.05, 4.69) is 20.8 Å². The number of urea groups is 1. The fourth-order valence-electron chi connectivity index (χ4n) is 3.86. The van der Waals surface area contributed by atoms with Crippen LogP contribution in [0, 0.1) is 12.7 Å². The second kappa shape index (κ2) is 11.6. The van der Waals surface area contributed by atoms with Crippen molar-refractivity contribution in [3.8, 4) is 5.69 Å². The SMILES string of the molecule is Cc1ccc(-n2c(SCc3ccc(F)cc3)nnc2C(Cc2ccccc2)NC(=O)NC(C)(C)C)cc1. The predicted octanol–water partition coefficient (Wildman–Crippen LogP) is 6.39. The first-order valence-electron chi connectivity index (χ1n) is 12.2. The molecule has 1 aromatic heterocycles. The molecule has 0 saturated carbocycles. The highest BCUT2D eigenvalue weighted by Gasteiger charge is 2.26. The second-order valence-electron chi connectivity index (χ2n) is 10.0. The molecule has 4 rings (SSSR count). The van der Waals surface area contributed by atoms with Crippen LogP contribution in [0.1, 0.15) is 49.3 Å². The summed E-state index contributed by atoms with van der Waals surface area (Å²) in [5, 5.41) is 15.9. The predicted molar refractivity (Wildman–Crippen MR) is 146 cm³/mol. The molecule has 0 aliphatic carbocycles. The van der Waals surface area contributed by atoms with E-state index in [1.165, 1.54) is 23.9 Å². The van der Waals surface area contributed by atoms with E-state index in [1.807, 2.05) is 86.9 Å². The summed E-state index contributed by atoms with van der Waals surface area (Å²) in [5.41, 5.74) is 3.71. The number of aryl methyl sites for hydroxylation is 1. The first-order valence-corrected chi connectivity index (χ1v) is 13.2. The molecule has 2 amide bonds.